The fourth-order valence-corrected chi connectivity index (χ4v) is 3.52. The van der Waals surface area contributed by atoms with Gasteiger partial charge in [0.15, 0.2) is 0 Å². The van der Waals surface area contributed by atoms with E-state index in [4.69, 9.17) is 0 Å². The van der Waals surface area contributed by atoms with E-state index in [2.05, 4.69) is 11.8 Å². The topological polar surface area (TPSA) is 40.6 Å². The summed E-state index contributed by atoms with van der Waals surface area (Å²) in [5.74, 6) is -0.811. The molecule has 2 aliphatic rings. The van der Waals surface area contributed by atoms with E-state index in [9.17, 15) is 9.59 Å². The lowest BCUT2D eigenvalue weighted by Gasteiger charge is -2.38. The van der Waals surface area contributed by atoms with Crippen molar-refractivity contribution in [3.63, 3.8) is 0 Å². The first-order valence-electron chi connectivity index (χ1n) is 7.86. The third-order valence-corrected chi connectivity index (χ3v) is 4.67. The molecular weight excluding hydrogens is 264 g/mol. The van der Waals surface area contributed by atoms with E-state index < -0.39 is 5.91 Å². The quantitative estimate of drug-likeness (QED) is 0.802. The Morgan fingerprint density at radius 2 is 2.05 bits per heavy atom. The average molecular weight is 286 g/mol. The molecule has 1 saturated heterocycles. The number of nitrogens with zero attached hydrogens (tertiary/aromatic N) is 2. The molecule has 1 atom stereocenters. The van der Waals surface area contributed by atoms with Crippen molar-refractivity contribution in [2.24, 2.45) is 0 Å². The van der Waals surface area contributed by atoms with E-state index in [0.717, 1.165) is 17.9 Å². The van der Waals surface area contributed by atoms with Crippen molar-refractivity contribution in [3.05, 3.63) is 23.8 Å². The molecule has 0 radical (unpaired) electrons. The predicted molar refractivity (Wildman–Crippen MR) is 84.1 cm³/mol. The largest absolute Gasteiger partial charge is 0.368 e. The van der Waals surface area contributed by atoms with Crippen molar-refractivity contribution >= 4 is 23.1 Å². The summed E-state index contributed by atoms with van der Waals surface area (Å²) in [7, 11) is 1.68. The van der Waals surface area contributed by atoms with E-state index in [0.29, 0.717) is 11.6 Å². The van der Waals surface area contributed by atoms with Gasteiger partial charge in [0.2, 0.25) is 0 Å². The van der Waals surface area contributed by atoms with Crippen LogP contribution in [0.15, 0.2) is 18.2 Å². The van der Waals surface area contributed by atoms with Crippen LogP contribution in [0, 0.1) is 0 Å². The van der Waals surface area contributed by atoms with E-state index in [1.54, 1.807) is 7.05 Å². The van der Waals surface area contributed by atoms with Crippen LogP contribution < -0.4 is 9.80 Å². The third kappa shape index (κ3) is 2.33. The standard InChI is InChI=1S/C17H22N2O2/c1-3-6-12-7-4-5-10-19(12)13-8-9-14-15(11-13)18(2)17(21)16(14)20/h8-9,11-12H,3-7,10H2,1-2H3. The van der Waals surface area contributed by atoms with E-state index in [1.165, 1.54) is 37.0 Å². The van der Waals surface area contributed by atoms with Crippen LogP contribution in [0.5, 0.6) is 0 Å². The van der Waals surface area contributed by atoms with Gasteiger partial charge in [-0.05, 0) is 43.9 Å². The molecule has 0 saturated carbocycles. The summed E-state index contributed by atoms with van der Waals surface area (Å²) < 4.78 is 0. The van der Waals surface area contributed by atoms with E-state index >= 15 is 0 Å². The zero-order valence-electron chi connectivity index (χ0n) is 12.8. The summed E-state index contributed by atoms with van der Waals surface area (Å²) >= 11 is 0. The minimum absolute atomic E-state index is 0.386. The number of fused-ring (bicyclic) bond motifs is 1. The molecule has 1 aromatic carbocycles. The molecule has 112 valence electrons. The Labute approximate surface area is 125 Å². The SMILES string of the molecule is CCCC1CCCCN1c1ccc2c(c1)N(C)C(=O)C2=O. The Bertz CT molecular complexity index is 580. The molecule has 0 bridgehead atoms. The number of anilines is 2. The molecule has 1 aromatic rings. The summed E-state index contributed by atoms with van der Waals surface area (Å²) in [6.07, 6.45) is 6.13. The fourth-order valence-electron chi connectivity index (χ4n) is 3.52. The van der Waals surface area contributed by atoms with Crippen molar-refractivity contribution in [1.29, 1.82) is 0 Å². The Kier molecular flexibility index (Phi) is 3.70. The molecule has 1 unspecified atom stereocenters. The van der Waals surface area contributed by atoms with Gasteiger partial charge in [0.25, 0.3) is 11.7 Å². The number of ketones is 1. The lowest BCUT2D eigenvalue weighted by atomic mass is 9.97. The predicted octanol–water partition coefficient (Wildman–Crippen LogP) is 3.00. The summed E-state index contributed by atoms with van der Waals surface area (Å²) in [6, 6.07) is 6.40. The minimum atomic E-state index is -0.425. The smallest absolute Gasteiger partial charge is 0.299 e. The van der Waals surface area contributed by atoms with Gasteiger partial charge in [0.1, 0.15) is 0 Å². The Morgan fingerprint density at radius 1 is 1.24 bits per heavy atom. The van der Waals surface area contributed by atoms with Crippen LogP contribution in [0.4, 0.5) is 11.4 Å². The molecule has 0 aliphatic carbocycles. The number of likely N-dealkylation sites (N-methyl/N-ethyl adjacent to an activating group) is 1. The Morgan fingerprint density at radius 3 is 2.81 bits per heavy atom. The second-order valence-corrected chi connectivity index (χ2v) is 6.03. The number of Topliss-reactive ketones (excluding diaryl/α,β-unsaturated/α-hetero) is 1. The maximum absolute atomic E-state index is 11.9. The molecule has 0 spiro atoms. The van der Waals surface area contributed by atoms with Gasteiger partial charge in [0, 0.05) is 25.3 Å². The number of hydrogen-bond donors (Lipinski definition) is 0. The van der Waals surface area contributed by atoms with Crippen molar-refractivity contribution in [1.82, 2.24) is 0 Å². The Hall–Kier alpha value is -1.84. The number of rotatable bonds is 3. The summed E-state index contributed by atoms with van der Waals surface area (Å²) in [5.41, 5.74) is 2.43. The highest BCUT2D eigenvalue weighted by Crippen LogP contribution is 2.34. The first-order chi connectivity index (χ1) is 10.1. The average Bonchev–Trinajstić information content (AvgIpc) is 2.73. The van der Waals surface area contributed by atoms with Crippen LogP contribution in [0.2, 0.25) is 0 Å². The van der Waals surface area contributed by atoms with Gasteiger partial charge in [-0.25, -0.2) is 0 Å². The number of hydrogen-bond acceptors (Lipinski definition) is 3. The van der Waals surface area contributed by atoms with Gasteiger partial charge in [-0.1, -0.05) is 13.3 Å². The number of piperidine rings is 1. The van der Waals surface area contributed by atoms with E-state index in [1.807, 2.05) is 18.2 Å². The van der Waals surface area contributed by atoms with Crippen molar-refractivity contribution < 1.29 is 9.59 Å². The first kappa shape index (κ1) is 14.1. The maximum Gasteiger partial charge on any atom is 0.299 e. The van der Waals surface area contributed by atoms with Crippen molar-refractivity contribution in [2.45, 2.75) is 45.1 Å². The summed E-state index contributed by atoms with van der Waals surface area (Å²) in [4.78, 5) is 27.6. The van der Waals surface area contributed by atoms with Gasteiger partial charge in [-0.2, -0.15) is 0 Å². The number of benzene rings is 1. The van der Waals surface area contributed by atoms with Crippen molar-refractivity contribution in [3.8, 4) is 0 Å². The summed E-state index contributed by atoms with van der Waals surface area (Å²) in [6.45, 7) is 3.29. The van der Waals surface area contributed by atoms with Gasteiger partial charge >= 0.3 is 0 Å². The zero-order valence-corrected chi connectivity index (χ0v) is 12.8. The lowest BCUT2D eigenvalue weighted by Crippen LogP contribution is -2.39. The fraction of sp³-hybridized carbons (Fsp3) is 0.529. The molecule has 1 amide bonds. The monoisotopic (exact) mass is 286 g/mol. The zero-order chi connectivity index (χ0) is 15.0. The molecule has 4 heteroatoms. The summed E-state index contributed by atoms with van der Waals surface area (Å²) in [5, 5.41) is 0. The molecule has 2 heterocycles. The highest BCUT2D eigenvalue weighted by Gasteiger charge is 2.34. The molecule has 4 nitrogen and oxygen atoms in total. The molecule has 0 aromatic heterocycles. The second kappa shape index (κ2) is 5.51. The van der Waals surface area contributed by atoms with Crippen LogP contribution in [-0.4, -0.2) is 31.3 Å². The molecule has 0 N–H and O–H groups in total. The molecule has 2 aliphatic heterocycles. The normalized spacial score (nSPS) is 21.9. The number of carbonyl (C=O) groups excluding carboxylic acids is 2. The van der Waals surface area contributed by atoms with Crippen LogP contribution in [0.3, 0.4) is 0 Å². The van der Waals surface area contributed by atoms with Crippen LogP contribution in [0.25, 0.3) is 0 Å². The van der Waals surface area contributed by atoms with Gasteiger partial charge in [-0.15, -0.1) is 0 Å². The number of carbonyl (C=O) groups is 2. The molecular formula is C17H22N2O2. The number of amides is 1. The van der Waals surface area contributed by atoms with E-state index in [-0.39, 0.29) is 5.78 Å². The van der Waals surface area contributed by atoms with Gasteiger partial charge in [0.05, 0.1) is 11.3 Å². The molecule has 1 fully saturated rings. The van der Waals surface area contributed by atoms with Gasteiger partial charge < -0.3 is 9.80 Å². The Balaban J connectivity index is 1.93. The maximum atomic E-state index is 11.9. The molecule has 21 heavy (non-hydrogen) atoms. The van der Waals surface area contributed by atoms with Crippen molar-refractivity contribution in [2.75, 3.05) is 23.4 Å². The lowest BCUT2D eigenvalue weighted by molar-refractivity contribution is -0.114. The highest BCUT2D eigenvalue weighted by atomic mass is 16.2. The first-order valence-corrected chi connectivity index (χ1v) is 7.86. The molecule has 3 rings (SSSR count). The van der Waals surface area contributed by atoms with Crippen LogP contribution >= 0.6 is 0 Å². The second-order valence-electron chi connectivity index (χ2n) is 6.03. The van der Waals surface area contributed by atoms with Crippen LogP contribution in [-0.2, 0) is 4.79 Å². The van der Waals surface area contributed by atoms with Crippen LogP contribution in [0.1, 0.15) is 49.4 Å². The minimum Gasteiger partial charge on any atom is -0.368 e. The highest BCUT2D eigenvalue weighted by molar-refractivity contribution is 6.52. The van der Waals surface area contributed by atoms with Gasteiger partial charge in [-0.3, -0.25) is 9.59 Å². The third-order valence-electron chi connectivity index (χ3n) is 4.67.